The molecule has 1 rings (SSSR count). The first-order valence-electron chi connectivity index (χ1n) is 3.69. The zero-order valence-corrected chi connectivity index (χ0v) is 6.54. The van der Waals surface area contributed by atoms with Gasteiger partial charge in [0.1, 0.15) is 0 Å². The number of carbonyl (C=O) groups excluding carboxylic acids is 2. The van der Waals surface area contributed by atoms with Gasteiger partial charge in [-0.1, -0.05) is 0 Å². The molecular formula is C7H12N2O2. The van der Waals surface area contributed by atoms with E-state index in [4.69, 9.17) is 0 Å². The minimum absolute atomic E-state index is 0.00144. The second kappa shape index (κ2) is 3.37. The highest BCUT2D eigenvalue weighted by molar-refractivity contribution is 5.76. The summed E-state index contributed by atoms with van der Waals surface area (Å²) in [7, 11) is 1.60. The molecule has 1 atom stereocenters. The summed E-state index contributed by atoms with van der Waals surface area (Å²) in [4.78, 5) is 22.7. The summed E-state index contributed by atoms with van der Waals surface area (Å²) >= 11 is 0. The Kier molecular flexibility index (Phi) is 2.46. The van der Waals surface area contributed by atoms with Crippen LogP contribution in [0.25, 0.3) is 0 Å². The van der Waals surface area contributed by atoms with Crippen LogP contribution in [0.5, 0.6) is 0 Å². The summed E-state index contributed by atoms with van der Waals surface area (Å²) in [5, 5.41) is 2.53. The van der Waals surface area contributed by atoms with Crippen molar-refractivity contribution in [2.24, 2.45) is 0 Å². The summed E-state index contributed by atoms with van der Waals surface area (Å²) in [6, 6.07) is 0.146. The van der Waals surface area contributed by atoms with E-state index in [1.54, 1.807) is 11.9 Å². The molecule has 0 bridgehead atoms. The van der Waals surface area contributed by atoms with Gasteiger partial charge < -0.3 is 10.2 Å². The van der Waals surface area contributed by atoms with Crippen LogP contribution < -0.4 is 5.32 Å². The Morgan fingerprint density at radius 1 is 1.82 bits per heavy atom. The molecule has 1 aliphatic rings. The third kappa shape index (κ3) is 1.69. The summed E-state index contributed by atoms with van der Waals surface area (Å²) in [5.74, 6) is 0.00144. The number of likely N-dealkylation sites (tertiary alicyclic amines) is 1. The van der Waals surface area contributed by atoms with Crippen LogP contribution in [0.4, 0.5) is 0 Å². The lowest BCUT2D eigenvalue weighted by Crippen LogP contribution is -2.48. The molecule has 1 heterocycles. The Morgan fingerprint density at radius 2 is 2.55 bits per heavy atom. The lowest BCUT2D eigenvalue weighted by Gasteiger charge is -2.37. The van der Waals surface area contributed by atoms with E-state index >= 15 is 0 Å². The van der Waals surface area contributed by atoms with Crippen molar-refractivity contribution in [2.45, 2.75) is 18.9 Å². The van der Waals surface area contributed by atoms with Gasteiger partial charge in [-0.15, -0.1) is 0 Å². The predicted molar refractivity (Wildman–Crippen MR) is 39.9 cm³/mol. The third-order valence-corrected chi connectivity index (χ3v) is 2.02. The number of nitrogens with zero attached hydrogens (tertiary/aromatic N) is 1. The number of hydrogen-bond acceptors (Lipinski definition) is 2. The molecule has 1 N–H and O–H groups in total. The Balaban J connectivity index is 2.27. The van der Waals surface area contributed by atoms with Gasteiger partial charge in [0.05, 0.1) is 0 Å². The van der Waals surface area contributed by atoms with E-state index in [-0.39, 0.29) is 11.9 Å². The fourth-order valence-electron chi connectivity index (χ4n) is 1.13. The topological polar surface area (TPSA) is 49.4 Å². The van der Waals surface area contributed by atoms with Crippen molar-refractivity contribution in [2.75, 3.05) is 13.6 Å². The van der Waals surface area contributed by atoms with Gasteiger partial charge in [-0.25, -0.2) is 0 Å². The maximum Gasteiger partial charge on any atom is 0.221 e. The van der Waals surface area contributed by atoms with Gasteiger partial charge in [0.15, 0.2) is 0 Å². The molecule has 1 aliphatic heterocycles. The molecule has 1 saturated heterocycles. The molecule has 62 valence electrons. The van der Waals surface area contributed by atoms with Crippen molar-refractivity contribution >= 4 is 12.3 Å². The van der Waals surface area contributed by atoms with Gasteiger partial charge in [0.2, 0.25) is 12.3 Å². The van der Waals surface area contributed by atoms with Gasteiger partial charge in [-0.3, -0.25) is 9.59 Å². The maximum atomic E-state index is 10.8. The molecule has 11 heavy (non-hydrogen) atoms. The molecule has 0 aromatic rings. The Hall–Kier alpha value is -1.06. The molecule has 0 radical (unpaired) electrons. The van der Waals surface area contributed by atoms with Crippen molar-refractivity contribution in [3.63, 3.8) is 0 Å². The highest BCUT2D eigenvalue weighted by Crippen LogP contribution is 2.17. The van der Waals surface area contributed by atoms with E-state index in [1.165, 1.54) is 0 Å². The lowest BCUT2D eigenvalue weighted by molar-refractivity contribution is -0.129. The molecule has 4 nitrogen and oxygen atoms in total. The van der Waals surface area contributed by atoms with E-state index in [0.717, 1.165) is 19.4 Å². The Labute approximate surface area is 65.6 Å². The van der Waals surface area contributed by atoms with E-state index in [0.29, 0.717) is 6.42 Å². The molecule has 0 aliphatic carbocycles. The van der Waals surface area contributed by atoms with E-state index in [2.05, 4.69) is 5.32 Å². The zero-order chi connectivity index (χ0) is 8.27. The first-order chi connectivity index (χ1) is 5.27. The Morgan fingerprint density at radius 3 is 2.91 bits per heavy atom. The average molecular weight is 156 g/mol. The molecule has 0 aromatic heterocycles. The van der Waals surface area contributed by atoms with Crippen LogP contribution in [0.3, 0.4) is 0 Å². The van der Waals surface area contributed by atoms with Crippen molar-refractivity contribution in [3.05, 3.63) is 0 Å². The standard InChI is InChI=1S/C7H12N2O2/c1-8-7(11)4-6-2-3-9(6)5-10/h5-6H,2-4H2,1H3,(H,8,11). The monoisotopic (exact) mass is 156 g/mol. The molecule has 2 amide bonds. The fraction of sp³-hybridized carbons (Fsp3) is 0.714. The van der Waals surface area contributed by atoms with Crippen molar-refractivity contribution in [1.29, 1.82) is 0 Å². The normalized spacial score (nSPS) is 22.3. The number of rotatable bonds is 3. The second-order valence-corrected chi connectivity index (χ2v) is 2.66. The number of hydrogen-bond donors (Lipinski definition) is 1. The van der Waals surface area contributed by atoms with Crippen LogP contribution in [0, 0.1) is 0 Å². The molecule has 0 saturated carbocycles. The third-order valence-electron chi connectivity index (χ3n) is 2.02. The smallest absolute Gasteiger partial charge is 0.221 e. The highest BCUT2D eigenvalue weighted by Gasteiger charge is 2.27. The van der Waals surface area contributed by atoms with Crippen LogP contribution in [-0.2, 0) is 9.59 Å². The molecule has 4 heteroatoms. The molecule has 1 fully saturated rings. The minimum Gasteiger partial charge on any atom is -0.359 e. The SMILES string of the molecule is CNC(=O)CC1CCN1C=O. The molecule has 0 spiro atoms. The van der Waals surface area contributed by atoms with Gasteiger partial charge in [-0.05, 0) is 6.42 Å². The maximum absolute atomic E-state index is 10.8. The van der Waals surface area contributed by atoms with E-state index < -0.39 is 0 Å². The zero-order valence-electron chi connectivity index (χ0n) is 6.54. The van der Waals surface area contributed by atoms with Crippen LogP contribution in [0.1, 0.15) is 12.8 Å². The summed E-state index contributed by atoms with van der Waals surface area (Å²) in [5.41, 5.74) is 0. The van der Waals surface area contributed by atoms with Gasteiger partial charge in [0, 0.05) is 26.1 Å². The van der Waals surface area contributed by atoms with Gasteiger partial charge >= 0.3 is 0 Å². The second-order valence-electron chi connectivity index (χ2n) is 2.66. The van der Waals surface area contributed by atoms with E-state index in [1.807, 2.05) is 0 Å². The Bertz CT molecular complexity index is 170. The van der Waals surface area contributed by atoms with Crippen molar-refractivity contribution in [1.82, 2.24) is 10.2 Å². The lowest BCUT2D eigenvalue weighted by atomic mass is 10.0. The number of amides is 2. The largest absolute Gasteiger partial charge is 0.359 e. The molecule has 0 aromatic carbocycles. The first-order valence-corrected chi connectivity index (χ1v) is 3.69. The van der Waals surface area contributed by atoms with Gasteiger partial charge in [-0.2, -0.15) is 0 Å². The molecule has 1 unspecified atom stereocenters. The van der Waals surface area contributed by atoms with Gasteiger partial charge in [0.25, 0.3) is 0 Å². The quantitative estimate of drug-likeness (QED) is 0.552. The van der Waals surface area contributed by atoms with Crippen molar-refractivity contribution in [3.8, 4) is 0 Å². The number of carbonyl (C=O) groups is 2. The fourth-order valence-corrected chi connectivity index (χ4v) is 1.13. The molecular weight excluding hydrogens is 144 g/mol. The summed E-state index contributed by atoms with van der Waals surface area (Å²) in [6.07, 6.45) is 2.19. The van der Waals surface area contributed by atoms with Crippen LogP contribution in [-0.4, -0.2) is 36.9 Å². The van der Waals surface area contributed by atoms with E-state index in [9.17, 15) is 9.59 Å². The number of nitrogens with one attached hydrogen (secondary N) is 1. The summed E-state index contributed by atoms with van der Waals surface area (Å²) < 4.78 is 0. The average Bonchev–Trinajstić information content (AvgIpc) is 1.98. The van der Waals surface area contributed by atoms with Crippen LogP contribution >= 0.6 is 0 Å². The van der Waals surface area contributed by atoms with Crippen LogP contribution in [0.15, 0.2) is 0 Å². The predicted octanol–water partition coefficient (Wildman–Crippen LogP) is -0.647. The minimum atomic E-state index is 0.00144. The van der Waals surface area contributed by atoms with Crippen molar-refractivity contribution < 1.29 is 9.59 Å². The van der Waals surface area contributed by atoms with Crippen LogP contribution in [0.2, 0.25) is 0 Å². The first kappa shape index (κ1) is 8.04. The highest BCUT2D eigenvalue weighted by atomic mass is 16.2. The summed E-state index contributed by atoms with van der Waals surface area (Å²) in [6.45, 7) is 0.797.